The lowest BCUT2D eigenvalue weighted by Crippen LogP contribution is -2.43. The maximum atomic E-state index is 10.7. The Balaban J connectivity index is 2.12. The lowest BCUT2D eigenvalue weighted by Gasteiger charge is -2.33. The van der Waals surface area contributed by atoms with Gasteiger partial charge in [-0.3, -0.25) is 4.79 Å². The van der Waals surface area contributed by atoms with Crippen molar-refractivity contribution >= 4 is 11.8 Å². The van der Waals surface area contributed by atoms with Crippen LogP contribution in [0.2, 0.25) is 0 Å². The quantitative estimate of drug-likeness (QED) is 0.848. The third kappa shape index (κ3) is 3.54. The second kappa shape index (κ2) is 5.83. The topological polar surface area (TPSA) is 84.8 Å². The van der Waals surface area contributed by atoms with Gasteiger partial charge in [0.15, 0.2) is 0 Å². The first-order valence-corrected chi connectivity index (χ1v) is 6.06. The van der Waals surface area contributed by atoms with Crippen LogP contribution in [-0.4, -0.2) is 54.0 Å². The summed E-state index contributed by atoms with van der Waals surface area (Å²) in [6, 6.07) is 1.75. The van der Waals surface area contributed by atoms with Gasteiger partial charge in [0.25, 0.3) is 0 Å². The van der Waals surface area contributed by atoms with E-state index in [9.17, 15) is 4.79 Å². The summed E-state index contributed by atoms with van der Waals surface area (Å²) in [5.74, 6) is 1.01. The SMILES string of the molecule is COc1cc(N2CCOC(CC(=O)O)C2)nc(C)n1. The van der Waals surface area contributed by atoms with Crippen molar-refractivity contribution in [1.82, 2.24) is 9.97 Å². The van der Waals surface area contributed by atoms with Crippen LogP contribution in [0.4, 0.5) is 5.82 Å². The summed E-state index contributed by atoms with van der Waals surface area (Å²) in [7, 11) is 1.55. The van der Waals surface area contributed by atoms with Gasteiger partial charge in [0.05, 0.1) is 26.2 Å². The zero-order chi connectivity index (χ0) is 13.8. The fraction of sp³-hybridized carbons (Fsp3) is 0.583. The highest BCUT2D eigenvalue weighted by Crippen LogP contribution is 2.20. The lowest BCUT2D eigenvalue weighted by atomic mass is 10.2. The van der Waals surface area contributed by atoms with Crippen LogP contribution >= 0.6 is 0 Å². The van der Waals surface area contributed by atoms with Crippen molar-refractivity contribution in [3.8, 4) is 5.88 Å². The highest BCUT2D eigenvalue weighted by atomic mass is 16.5. The molecule has 1 aromatic heterocycles. The number of nitrogens with zero attached hydrogens (tertiary/aromatic N) is 3. The summed E-state index contributed by atoms with van der Waals surface area (Å²) >= 11 is 0. The molecule has 0 aromatic carbocycles. The maximum absolute atomic E-state index is 10.7. The van der Waals surface area contributed by atoms with E-state index in [0.29, 0.717) is 31.4 Å². The third-order valence-electron chi connectivity index (χ3n) is 2.88. The van der Waals surface area contributed by atoms with Gasteiger partial charge >= 0.3 is 5.97 Å². The van der Waals surface area contributed by atoms with E-state index < -0.39 is 5.97 Å². The van der Waals surface area contributed by atoms with E-state index in [-0.39, 0.29) is 12.5 Å². The number of anilines is 1. The van der Waals surface area contributed by atoms with Crippen LogP contribution < -0.4 is 9.64 Å². The Morgan fingerprint density at radius 2 is 2.42 bits per heavy atom. The van der Waals surface area contributed by atoms with Crippen molar-refractivity contribution in [2.75, 3.05) is 31.7 Å². The molecule has 2 rings (SSSR count). The van der Waals surface area contributed by atoms with Gasteiger partial charge in [0.2, 0.25) is 5.88 Å². The number of carbonyl (C=O) groups is 1. The minimum Gasteiger partial charge on any atom is -0.481 e. The number of rotatable bonds is 4. The number of hydrogen-bond donors (Lipinski definition) is 1. The van der Waals surface area contributed by atoms with Gasteiger partial charge < -0.3 is 19.5 Å². The van der Waals surface area contributed by atoms with Crippen LogP contribution in [0.5, 0.6) is 5.88 Å². The van der Waals surface area contributed by atoms with Gasteiger partial charge in [-0.15, -0.1) is 0 Å². The molecule has 7 heteroatoms. The van der Waals surface area contributed by atoms with Gasteiger partial charge in [0.1, 0.15) is 11.6 Å². The molecule has 1 N–H and O–H groups in total. The largest absolute Gasteiger partial charge is 0.481 e. The first-order valence-electron chi connectivity index (χ1n) is 6.06. The summed E-state index contributed by atoms with van der Waals surface area (Å²) in [5, 5.41) is 8.80. The number of aryl methyl sites for hydroxylation is 1. The number of methoxy groups -OCH3 is 1. The number of ether oxygens (including phenoxy) is 2. The van der Waals surface area contributed by atoms with E-state index in [0.717, 1.165) is 5.82 Å². The summed E-state index contributed by atoms with van der Waals surface area (Å²) < 4.78 is 10.5. The standard InChI is InChI=1S/C12H17N3O4/c1-8-13-10(6-11(14-8)18-2)15-3-4-19-9(7-15)5-12(16)17/h6,9H,3-5,7H2,1-2H3,(H,16,17). The molecule has 1 unspecified atom stereocenters. The number of carboxylic acid groups (broad SMARTS) is 1. The van der Waals surface area contributed by atoms with Gasteiger partial charge in [-0.2, -0.15) is 4.98 Å². The van der Waals surface area contributed by atoms with E-state index in [1.165, 1.54) is 0 Å². The second-order valence-electron chi connectivity index (χ2n) is 4.35. The Hall–Kier alpha value is -1.89. The Labute approximate surface area is 111 Å². The van der Waals surface area contributed by atoms with Crippen molar-refractivity contribution in [3.63, 3.8) is 0 Å². The maximum Gasteiger partial charge on any atom is 0.306 e. The Morgan fingerprint density at radius 1 is 1.63 bits per heavy atom. The van der Waals surface area contributed by atoms with E-state index in [2.05, 4.69) is 9.97 Å². The smallest absolute Gasteiger partial charge is 0.306 e. The molecular weight excluding hydrogens is 250 g/mol. The van der Waals surface area contributed by atoms with E-state index in [1.807, 2.05) is 4.90 Å². The first-order chi connectivity index (χ1) is 9.08. The molecule has 1 atom stereocenters. The van der Waals surface area contributed by atoms with Gasteiger partial charge in [-0.25, -0.2) is 4.98 Å². The predicted molar refractivity (Wildman–Crippen MR) is 67.5 cm³/mol. The van der Waals surface area contributed by atoms with Crippen molar-refractivity contribution in [3.05, 3.63) is 11.9 Å². The summed E-state index contributed by atoms with van der Waals surface area (Å²) in [4.78, 5) is 21.2. The van der Waals surface area contributed by atoms with Crippen LogP contribution in [0.1, 0.15) is 12.2 Å². The molecule has 1 saturated heterocycles. The molecule has 104 valence electrons. The highest BCUT2D eigenvalue weighted by Gasteiger charge is 2.24. The first kappa shape index (κ1) is 13.5. The number of hydrogen-bond acceptors (Lipinski definition) is 6. The molecule has 1 fully saturated rings. The van der Waals surface area contributed by atoms with Gasteiger partial charge in [-0.1, -0.05) is 0 Å². The average Bonchev–Trinajstić information content (AvgIpc) is 2.37. The van der Waals surface area contributed by atoms with Crippen molar-refractivity contribution in [1.29, 1.82) is 0 Å². The molecule has 0 aliphatic carbocycles. The molecule has 0 radical (unpaired) electrons. The molecule has 0 spiro atoms. The Bertz CT molecular complexity index is 466. The molecule has 0 amide bonds. The Kier molecular flexibility index (Phi) is 4.16. The highest BCUT2D eigenvalue weighted by molar-refractivity contribution is 5.67. The summed E-state index contributed by atoms with van der Waals surface area (Å²) in [6.07, 6.45) is -0.315. The van der Waals surface area contributed by atoms with Crippen LogP contribution in [0.3, 0.4) is 0 Å². The van der Waals surface area contributed by atoms with Crippen molar-refractivity contribution in [2.45, 2.75) is 19.4 Å². The molecule has 0 saturated carbocycles. The molecule has 1 aromatic rings. The van der Waals surface area contributed by atoms with Crippen molar-refractivity contribution < 1.29 is 19.4 Å². The number of morpholine rings is 1. The van der Waals surface area contributed by atoms with Crippen LogP contribution in [0.25, 0.3) is 0 Å². The van der Waals surface area contributed by atoms with Gasteiger partial charge in [0, 0.05) is 19.2 Å². The second-order valence-corrected chi connectivity index (χ2v) is 4.35. The molecule has 0 bridgehead atoms. The van der Waals surface area contributed by atoms with E-state index >= 15 is 0 Å². The van der Waals surface area contributed by atoms with Gasteiger partial charge in [-0.05, 0) is 6.92 Å². The molecule has 7 nitrogen and oxygen atoms in total. The monoisotopic (exact) mass is 267 g/mol. The van der Waals surface area contributed by atoms with Crippen LogP contribution in [0, 0.1) is 6.92 Å². The third-order valence-corrected chi connectivity index (χ3v) is 2.88. The summed E-state index contributed by atoms with van der Waals surface area (Å²) in [6.45, 7) is 3.46. The molecule has 1 aliphatic rings. The van der Waals surface area contributed by atoms with Crippen LogP contribution in [0.15, 0.2) is 6.07 Å². The van der Waals surface area contributed by atoms with Crippen molar-refractivity contribution in [2.24, 2.45) is 0 Å². The predicted octanol–water partition coefficient (Wildman–Crippen LogP) is 0.474. The lowest BCUT2D eigenvalue weighted by molar-refractivity contribution is -0.140. The number of carboxylic acids is 1. The summed E-state index contributed by atoms with van der Waals surface area (Å²) in [5.41, 5.74) is 0. The average molecular weight is 267 g/mol. The number of aromatic nitrogens is 2. The molecule has 2 heterocycles. The normalized spacial score (nSPS) is 19.3. The number of aliphatic carboxylic acids is 1. The zero-order valence-corrected chi connectivity index (χ0v) is 11.0. The zero-order valence-electron chi connectivity index (χ0n) is 11.0. The van der Waals surface area contributed by atoms with E-state index in [4.69, 9.17) is 14.6 Å². The minimum absolute atomic E-state index is 0.00228. The molecule has 1 aliphatic heterocycles. The Morgan fingerprint density at radius 3 is 3.11 bits per heavy atom. The fourth-order valence-corrected chi connectivity index (χ4v) is 2.04. The fourth-order valence-electron chi connectivity index (χ4n) is 2.04. The molecule has 19 heavy (non-hydrogen) atoms. The molecular formula is C12H17N3O4. The van der Waals surface area contributed by atoms with Crippen LogP contribution in [-0.2, 0) is 9.53 Å². The van der Waals surface area contributed by atoms with E-state index in [1.54, 1.807) is 20.1 Å². The minimum atomic E-state index is -0.858.